The van der Waals surface area contributed by atoms with E-state index in [2.05, 4.69) is 0 Å². The molecule has 0 radical (unpaired) electrons. The molecule has 1 saturated heterocycles. The van der Waals surface area contributed by atoms with Gasteiger partial charge >= 0.3 is 5.97 Å². The zero-order chi connectivity index (χ0) is 13.4. The standard InChI is InChI=1S/C8H15NO6S2/c1-6-7(8(10)11)3-4-9(6)17(14,15)5-16(2,12)13/h6-7H,3-5H2,1-2H3,(H,10,11). The fourth-order valence-electron chi connectivity index (χ4n) is 1.97. The van der Waals surface area contributed by atoms with Gasteiger partial charge in [-0.15, -0.1) is 0 Å². The Kier molecular flexibility index (Phi) is 3.84. The predicted molar refractivity (Wildman–Crippen MR) is 60.5 cm³/mol. The summed E-state index contributed by atoms with van der Waals surface area (Å²) in [5, 5.41) is 7.88. The summed E-state index contributed by atoms with van der Waals surface area (Å²) in [5.41, 5.74) is 0. The second-order valence-electron chi connectivity index (χ2n) is 4.24. The lowest BCUT2D eigenvalue weighted by molar-refractivity contribution is -0.142. The third-order valence-corrected chi connectivity index (χ3v) is 6.87. The van der Waals surface area contributed by atoms with Gasteiger partial charge in [-0.3, -0.25) is 4.79 Å². The Labute approximate surface area is 100 Å². The highest BCUT2D eigenvalue weighted by atomic mass is 32.3. The predicted octanol–water partition coefficient (Wildman–Crippen LogP) is -0.887. The lowest BCUT2D eigenvalue weighted by atomic mass is 10.0. The molecule has 0 spiro atoms. The molecule has 1 heterocycles. The second-order valence-corrected chi connectivity index (χ2v) is 8.67. The molecule has 100 valence electrons. The van der Waals surface area contributed by atoms with Gasteiger partial charge < -0.3 is 5.11 Å². The highest BCUT2D eigenvalue weighted by molar-refractivity contribution is 8.06. The fraction of sp³-hybridized carbons (Fsp3) is 0.875. The van der Waals surface area contributed by atoms with Gasteiger partial charge in [-0.25, -0.2) is 16.8 Å². The average Bonchev–Trinajstić information content (AvgIpc) is 2.42. The van der Waals surface area contributed by atoms with E-state index in [1.165, 1.54) is 6.92 Å². The van der Waals surface area contributed by atoms with E-state index in [1.807, 2.05) is 0 Å². The number of carboxylic acids is 1. The van der Waals surface area contributed by atoms with Crippen molar-refractivity contribution < 1.29 is 26.7 Å². The van der Waals surface area contributed by atoms with Crippen LogP contribution in [0.25, 0.3) is 0 Å². The Morgan fingerprint density at radius 1 is 1.35 bits per heavy atom. The molecule has 1 fully saturated rings. The van der Waals surface area contributed by atoms with Gasteiger partial charge in [-0.2, -0.15) is 4.31 Å². The first-order valence-corrected chi connectivity index (χ1v) is 8.61. The Morgan fingerprint density at radius 2 is 1.88 bits per heavy atom. The van der Waals surface area contributed by atoms with Crippen molar-refractivity contribution in [3.05, 3.63) is 0 Å². The van der Waals surface area contributed by atoms with Crippen LogP contribution in [0.15, 0.2) is 0 Å². The van der Waals surface area contributed by atoms with Crippen LogP contribution in [0.5, 0.6) is 0 Å². The molecule has 0 aromatic rings. The molecule has 0 aliphatic carbocycles. The van der Waals surface area contributed by atoms with E-state index in [1.54, 1.807) is 0 Å². The second kappa shape index (κ2) is 4.54. The Balaban J connectivity index is 2.93. The van der Waals surface area contributed by atoms with Crippen molar-refractivity contribution in [3.8, 4) is 0 Å². The van der Waals surface area contributed by atoms with Crippen LogP contribution in [-0.4, -0.2) is 56.1 Å². The van der Waals surface area contributed by atoms with Crippen molar-refractivity contribution in [3.63, 3.8) is 0 Å². The molecule has 0 aromatic carbocycles. The zero-order valence-electron chi connectivity index (χ0n) is 9.53. The van der Waals surface area contributed by atoms with Gasteiger partial charge in [0.25, 0.3) is 0 Å². The van der Waals surface area contributed by atoms with Crippen molar-refractivity contribution in [2.24, 2.45) is 5.92 Å². The highest BCUT2D eigenvalue weighted by Crippen LogP contribution is 2.27. The normalized spacial score (nSPS) is 27.2. The summed E-state index contributed by atoms with van der Waals surface area (Å²) in [4.78, 5) is 10.8. The van der Waals surface area contributed by atoms with Crippen molar-refractivity contribution in [1.29, 1.82) is 0 Å². The number of carboxylic acid groups (broad SMARTS) is 1. The van der Waals surface area contributed by atoms with Crippen LogP contribution in [0.2, 0.25) is 0 Å². The van der Waals surface area contributed by atoms with Gasteiger partial charge in [-0.1, -0.05) is 0 Å². The molecule has 0 saturated carbocycles. The van der Waals surface area contributed by atoms with Crippen molar-refractivity contribution in [1.82, 2.24) is 4.31 Å². The van der Waals surface area contributed by atoms with Gasteiger partial charge in [0.1, 0.15) is 0 Å². The largest absolute Gasteiger partial charge is 0.481 e. The zero-order valence-corrected chi connectivity index (χ0v) is 11.2. The number of rotatable bonds is 4. The van der Waals surface area contributed by atoms with Crippen LogP contribution in [0.1, 0.15) is 13.3 Å². The Bertz CT molecular complexity index is 508. The number of aliphatic carboxylic acids is 1. The van der Waals surface area contributed by atoms with Gasteiger partial charge in [0.05, 0.1) is 5.92 Å². The van der Waals surface area contributed by atoms with E-state index in [4.69, 9.17) is 5.11 Å². The minimum Gasteiger partial charge on any atom is -0.481 e. The Hall–Kier alpha value is -0.670. The summed E-state index contributed by atoms with van der Waals surface area (Å²) in [6.07, 6.45) is 1.04. The molecular weight excluding hydrogens is 270 g/mol. The van der Waals surface area contributed by atoms with Gasteiger partial charge in [0, 0.05) is 18.8 Å². The molecule has 1 aliphatic heterocycles. The van der Waals surface area contributed by atoms with Gasteiger partial charge in [-0.05, 0) is 13.3 Å². The maximum Gasteiger partial charge on any atom is 0.308 e. The van der Waals surface area contributed by atoms with Crippen LogP contribution in [0.3, 0.4) is 0 Å². The molecular formula is C8H15NO6S2. The van der Waals surface area contributed by atoms with Gasteiger partial charge in [0.2, 0.25) is 10.0 Å². The van der Waals surface area contributed by atoms with Gasteiger partial charge in [0.15, 0.2) is 14.9 Å². The lowest BCUT2D eigenvalue weighted by Crippen LogP contribution is -2.40. The fourth-order valence-corrected chi connectivity index (χ4v) is 5.72. The minimum atomic E-state index is -3.95. The Morgan fingerprint density at radius 3 is 2.24 bits per heavy atom. The summed E-state index contributed by atoms with van der Waals surface area (Å²) < 4.78 is 46.5. The molecule has 2 unspecified atom stereocenters. The van der Waals surface area contributed by atoms with Crippen molar-refractivity contribution in [2.75, 3.05) is 17.9 Å². The maximum absolute atomic E-state index is 11.8. The third-order valence-electron chi connectivity index (χ3n) is 2.73. The van der Waals surface area contributed by atoms with Crippen LogP contribution in [0, 0.1) is 5.92 Å². The minimum absolute atomic E-state index is 0.0516. The number of sulfone groups is 1. The van der Waals surface area contributed by atoms with E-state index in [0.29, 0.717) is 0 Å². The van der Waals surface area contributed by atoms with E-state index >= 15 is 0 Å². The lowest BCUT2D eigenvalue weighted by Gasteiger charge is -2.22. The quantitative estimate of drug-likeness (QED) is 0.718. The van der Waals surface area contributed by atoms with Crippen LogP contribution >= 0.6 is 0 Å². The van der Waals surface area contributed by atoms with E-state index in [9.17, 15) is 21.6 Å². The molecule has 0 aromatic heterocycles. The molecule has 9 heteroatoms. The van der Waals surface area contributed by atoms with Crippen LogP contribution in [-0.2, 0) is 24.7 Å². The first-order valence-electron chi connectivity index (χ1n) is 4.94. The highest BCUT2D eigenvalue weighted by Gasteiger charge is 2.42. The van der Waals surface area contributed by atoms with Crippen molar-refractivity contribution in [2.45, 2.75) is 19.4 Å². The number of nitrogens with zero attached hydrogens (tertiary/aromatic N) is 1. The summed E-state index contributed by atoms with van der Waals surface area (Å²) in [7, 11) is -7.61. The summed E-state index contributed by atoms with van der Waals surface area (Å²) in [6, 6.07) is -0.709. The van der Waals surface area contributed by atoms with Crippen LogP contribution < -0.4 is 0 Å². The third kappa shape index (κ3) is 3.39. The molecule has 2 atom stereocenters. The first kappa shape index (κ1) is 14.4. The summed E-state index contributed by atoms with van der Waals surface area (Å²) >= 11 is 0. The molecule has 1 aliphatic rings. The van der Waals surface area contributed by atoms with E-state index < -0.39 is 42.9 Å². The summed E-state index contributed by atoms with van der Waals surface area (Å²) in [6.45, 7) is 1.53. The van der Waals surface area contributed by atoms with Crippen LogP contribution in [0.4, 0.5) is 0 Å². The summed E-state index contributed by atoms with van der Waals surface area (Å²) in [5.74, 6) is -1.83. The number of hydrogen-bond donors (Lipinski definition) is 1. The molecule has 1 N–H and O–H groups in total. The molecule has 1 rings (SSSR count). The number of carbonyl (C=O) groups is 1. The molecule has 17 heavy (non-hydrogen) atoms. The number of sulfonamides is 1. The van der Waals surface area contributed by atoms with E-state index in [-0.39, 0.29) is 13.0 Å². The molecule has 0 amide bonds. The van der Waals surface area contributed by atoms with E-state index in [0.717, 1.165) is 10.6 Å². The SMILES string of the molecule is CC1C(C(=O)O)CCN1S(=O)(=O)CS(C)(=O)=O. The smallest absolute Gasteiger partial charge is 0.308 e. The topological polar surface area (TPSA) is 109 Å². The molecule has 0 bridgehead atoms. The van der Waals surface area contributed by atoms with Crippen molar-refractivity contribution >= 4 is 25.8 Å². The molecule has 7 nitrogen and oxygen atoms in total. The number of hydrogen-bond acceptors (Lipinski definition) is 5. The maximum atomic E-state index is 11.8. The average molecular weight is 285 g/mol. The first-order chi connectivity index (χ1) is 7.54. The monoisotopic (exact) mass is 285 g/mol.